The Balaban J connectivity index is 0.000000686. The minimum Gasteiger partial charge on any atom is -0.372 e. The molecular weight excluding hydrogens is 206 g/mol. The van der Waals surface area contributed by atoms with E-state index < -0.39 is 0 Å². The van der Waals surface area contributed by atoms with Crippen molar-refractivity contribution in [2.75, 3.05) is 18.0 Å². The van der Waals surface area contributed by atoms with Crippen LogP contribution in [-0.2, 0) is 6.42 Å². The average molecular weight is 233 g/mol. The lowest BCUT2D eigenvalue weighted by atomic mass is 10.0. The average Bonchev–Trinajstić information content (AvgIpc) is 2.85. The summed E-state index contributed by atoms with van der Waals surface area (Å²) >= 11 is 0. The van der Waals surface area contributed by atoms with E-state index in [1.54, 1.807) is 0 Å². The van der Waals surface area contributed by atoms with Gasteiger partial charge in [0.2, 0.25) is 0 Å². The number of anilines is 1. The van der Waals surface area contributed by atoms with E-state index in [9.17, 15) is 0 Å². The molecule has 1 nitrogen and oxygen atoms in total. The molecule has 0 aliphatic carbocycles. The topological polar surface area (TPSA) is 3.24 Å². The molecule has 2 rings (SSSR count). The van der Waals surface area contributed by atoms with Crippen molar-refractivity contribution in [1.82, 2.24) is 0 Å². The molecule has 1 heteroatoms. The maximum Gasteiger partial charge on any atom is 0.0366 e. The van der Waals surface area contributed by atoms with E-state index >= 15 is 0 Å². The van der Waals surface area contributed by atoms with Crippen LogP contribution >= 0.6 is 0 Å². The molecule has 1 aliphatic rings. The van der Waals surface area contributed by atoms with E-state index in [-0.39, 0.29) is 0 Å². The molecule has 96 valence electrons. The fraction of sp³-hybridized carbons (Fsp3) is 0.625. The monoisotopic (exact) mass is 233 g/mol. The molecule has 0 N–H and O–H groups in total. The lowest BCUT2D eigenvalue weighted by molar-refractivity contribution is 0.647. The SMILES string of the molecule is CC.CC(C)Cc1ccc(N2CCCC2)cc1. The van der Waals surface area contributed by atoms with E-state index in [1.807, 2.05) is 13.8 Å². The van der Waals surface area contributed by atoms with Crippen LogP contribution in [0, 0.1) is 5.92 Å². The van der Waals surface area contributed by atoms with Gasteiger partial charge in [0.05, 0.1) is 0 Å². The van der Waals surface area contributed by atoms with Crippen LogP contribution in [0.25, 0.3) is 0 Å². The quantitative estimate of drug-likeness (QED) is 0.742. The Labute approximate surface area is 107 Å². The molecule has 1 aliphatic heterocycles. The van der Waals surface area contributed by atoms with Gasteiger partial charge in [0.25, 0.3) is 0 Å². The van der Waals surface area contributed by atoms with Crippen molar-refractivity contribution in [3.05, 3.63) is 29.8 Å². The second kappa shape index (κ2) is 7.37. The zero-order chi connectivity index (χ0) is 12.7. The predicted molar refractivity (Wildman–Crippen MR) is 77.8 cm³/mol. The van der Waals surface area contributed by atoms with E-state index in [0.717, 1.165) is 5.92 Å². The van der Waals surface area contributed by atoms with Gasteiger partial charge in [-0.2, -0.15) is 0 Å². The van der Waals surface area contributed by atoms with Gasteiger partial charge in [-0.1, -0.05) is 39.8 Å². The Hall–Kier alpha value is -0.980. The minimum absolute atomic E-state index is 0.752. The molecule has 0 atom stereocenters. The lowest BCUT2D eigenvalue weighted by Gasteiger charge is -2.17. The fourth-order valence-corrected chi connectivity index (χ4v) is 2.29. The molecule has 1 saturated heterocycles. The molecule has 0 unspecified atom stereocenters. The van der Waals surface area contributed by atoms with E-state index in [2.05, 4.69) is 43.0 Å². The molecule has 0 amide bonds. The maximum absolute atomic E-state index is 2.49. The van der Waals surface area contributed by atoms with Crippen LogP contribution in [0.2, 0.25) is 0 Å². The van der Waals surface area contributed by atoms with Crippen molar-refractivity contribution in [1.29, 1.82) is 0 Å². The summed E-state index contributed by atoms with van der Waals surface area (Å²) in [7, 11) is 0. The third-order valence-electron chi connectivity index (χ3n) is 3.05. The summed E-state index contributed by atoms with van der Waals surface area (Å²) in [5, 5.41) is 0. The van der Waals surface area contributed by atoms with Crippen LogP contribution in [-0.4, -0.2) is 13.1 Å². The van der Waals surface area contributed by atoms with Gasteiger partial charge in [0.15, 0.2) is 0 Å². The second-order valence-corrected chi connectivity index (χ2v) is 4.96. The fourth-order valence-electron chi connectivity index (χ4n) is 2.29. The highest BCUT2D eigenvalue weighted by molar-refractivity contribution is 5.48. The van der Waals surface area contributed by atoms with Crippen molar-refractivity contribution in [2.45, 2.75) is 47.0 Å². The Bertz CT molecular complexity index is 294. The van der Waals surface area contributed by atoms with Gasteiger partial charge in [-0.15, -0.1) is 0 Å². The highest BCUT2D eigenvalue weighted by atomic mass is 15.1. The summed E-state index contributed by atoms with van der Waals surface area (Å²) in [6.45, 7) is 11.0. The van der Waals surface area contributed by atoms with Crippen LogP contribution in [0.15, 0.2) is 24.3 Å². The van der Waals surface area contributed by atoms with E-state index in [0.29, 0.717) is 0 Å². The standard InChI is InChI=1S/C14H21N.C2H6/c1-12(2)11-13-5-7-14(8-6-13)15-9-3-4-10-15;1-2/h5-8,12H,3-4,9-11H2,1-2H3;1-2H3. The first kappa shape index (κ1) is 14.1. The van der Waals surface area contributed by atoms with Gasteiger partial charge in [-0.3, -0.25) is 0 Å². The van der Waals surface area contributed by atoms with Crippen molar-refractivity contribution < 1.29 is 0 Å². The first-order valence-corrected chi connectivity index (χ1v) is 7.09. The van der Waals surface area contributed by atoms with Gasteiger partial charge in [0, 0.05) is 18.8 Å². The number of benzene rings is 1. The van der Waals surface area contributed by atoms with Crippen LogP contribution in [0.5, 0.6) is 0 Å². The number of hydrogen-bond acceptors (Lipinski definition) is 1. The van der Waals surface area contributed by atoms with Crippen molar-refractivity contribution in [3.8, 4) is 0 Å². The number of hydrogen-bond donors (Lipinski definition) is 0. The van der Waals surface area contributed by atoms with Gasteiger partial charge >= 0.3 is 0 Å². The molecule has 1 heterocycles. The molecule has 1 aromatic carbocycles. The maximum atomic E-state index is 2.49. The first-order chi connectivity index (χ1) is 8.25. The zero-order valence-electron chi connectivity index (χ0n) is 11.9. The number of nitrogens with zero attached hydrogens (tertiary/aromatic N) is 1. The van der Waals surface area contributed by atoms with Crippen LogP contribution in [0.3, 0.4) is 0 Å². The summed E-state index contributed by atoms with van der Waals surface area (Å²) in [6, 6.07) is 9.13. The van der Waals surface area contributed by atoms with Gasteiger partial charge in [-0.05, 0) is 42.9 Å². The van der Waals surface area contributed by atoms with E-state index in [1.165, 1.54) is 43.6 Å². The summed E-state index contributed by atoms with van der Waals surface area (Å²) in [5.41, 5.74) is 2.87. The highest BCUT2D eigenvalue weighted by Gasteiger charge is 2.11. The zero-order valence-corrected chi connectivity index (χ0v) is 11.9. The summed E-state index contributed by atoms with van der Waals surface area (Å²) < 4.78 is 0. The van der Waals surface area contributed by atoms with Crippen molar-refractivity contribution in [3.63, 3.8) is 0 Å². The predicted octanol–water partition coefficient (Wildman–Crippen LogP) is 4.51. The molecule has 1 fully saturated rings. The second-order valence-electron chi connectivity index (χ2n) is 4.96. The molecule has 17 heavy (non-hydrogen) atoms. The highest BCUT2D eigenvalue weighted by Crippen LogP contribution is 2.21. The van der Waals surface area contributed by atoms with Crippen LogP contribution in [0.4, 0.5) is 5.69 Å². The number of rotatable bonds is 3. The summed E-state index contributed by atoms with van der Waals surface area (Å²) in [6.07, 6.45) is 3.90. The van der Waals surface area contributed by atoms with Crippen LogP contribution in [0.1, 0.15) is 46.1 Å². The Morgan fingerprint density at radius 1 is 1.00 bits per heavy atom. The molecular formula is C16H27N. The van der Waals surface area contributed by atoms with Crippen molar-refractivity contribution >= 4 is 5.69 Å². The van der Waals surface area contributed by atoms with Gasteiger partial charge < -0.3 is 4.90 Å². The summed E-state index contributed by atoms with van der Waals surface area (Å²) in [5.74, 6) is 0.752. The third-order valence-corrected chi connectivity index (χ3v) is 3.05. The molecule has 0 aromatic heterocycles. The molecule has 0 radical (unpaired) electrons. The molecule has 0 saturated carbocycles. The lowest BCUT2D eigenvalue weighted by Crippen LogP contribution is -2.17. The van der Waals surface area contributed by atoms with Crippen molar-refractivity contribution in [2.24, 2.45) is 5.92 Å². The van der Waals surface area contributed by atoms with E-state index in [4.69, 9.17) is 0 Å². The summed E-state index contributed by atoms with van der Waals surface area (Å²) in [4.78, 5) is 2.49. The Morgan fingerprint density at radius 3 is 2.00 bits per heavy atom. The Morgan fingerprint density at radius 2 is 1.53 bits per heavy atom. The van der Waals surface area contributed by atoms with Gasteiger partial charge in [-0.25, -0.2) is 0 Å². The van der Waals surface area contributed by atoms with Gasteiger partial charge in [0.1, 0.15) is 0 Å². The molecule has 1 aromatic rings. The largest absolute Gasteiger partial charge is 0.372 e. The van der Waals surface area contributed by atoms with Crippen LogP contribution < -0.4 is 4.90 Å². The smallest absolute Gasteiger partial charge is 0.0366 e. The third kappa shape index (κ3) is 4.41. The molecule has 0 bridgehead atoms. The first-order valence-electron chi connectivity index (χ1n) is 7.09. The molecule has 0 spiro atoms. The Kier molecular flexibility index (Phi) is 6.10. The minimum atomic E-state index is 0.752. The normalized spacial score (nSPS) is 14.8.